The first-order valence-electron chi connectivity index (χ1n) is 7.36. The van der Waals surface area contributed by atoms with E-state index in [4.69, 9.17) is 13.0 Å². The second-order valence-electron chi connectivity index (χ2n) is 5.29. The molecule has 1 N–H and O–H groups in total. The van der Waals surface area contributed by atoms with Gasteiger partial charge in [0, 0.05) is 0 Å². The van der Waals surface area contributed by atoms with E-state index in [0.29, 0.717) is 5.75 Å². The van der Waals surface area contributed by atoms with Gasteiger partial charge < -0.3 is 4.55 Å². The molecule has 10 heteroatoms. The number of aromatic hydroxyl groups is 1. The molecule has 0 saturated carbocycles. The average molecular weight is 513 g/mol. The molecule has 0 aliphatic heterocycles. The van der Waals surface area contributed by atoms with Crippen molar-refractivity contribution in [1.82, 2.24) is 0 Å². The largest absolute Gasteiger partial charge is 0.741 e. The first-order valence-corrected chi connectivity index (χ1v) is 11.1. The van der Waals surface area contributed by atoms with E-state index in [1.165, 1.54) is 12.6 Å². The van der Waals surface area contributed by atoms with Crippen molar-refractivity contribution in [2.24, 2.45) is 7.05 Å². The summed E-state index contributed by atoms with van der Waals surface area (Å²) in [6.45, 7) is 0. The Balaban J connectivity index is 0.000000279. The molecule has 0 aliphatic rings. The molecule has 0 atom stereocenters. The van der Waals surface area contributed by atoms with Crippen LogP contribution in [0.3, 0.4) is 0 Å². The molecule has 0 bridgehead atoms. The standard InChI is InChI=1S/C16H13NOTe.CHF3O3S/c1-17-14-4-2-3-5-15(14)19-16(17)11-8-12-6-9-13(18)10-7-12;2-1(3,4)8(5,6)7/h2-11H,1H3;(H,5,6,7). The molecular formula is C17H14F3NO4STe. The van der Waals surface area contributed by atoms with E-state index in [9.17, 15) is 18.3 Å². The number of para-hydroxylation sites is 1. The summed E-state index contributed by atoms with van der Waals surface area (Å²) in [5.41, 5.74) is -3.19. The van der Waals surface area contributed by atoms with Crippen LogP contribution in [0.1, 0.15) is 9.27 Å². The Morgan fingerprint density at radius 3 is 2.15 bits per heavy atom. The molecular weight excluding hydrogens is 499 g/mol. The van der Waals surface area contributed by atoms with Gasteiger partial charge in [0.05, 0.1) is 0 Å². The number of hydrogen-bond donors (Lipinski definition) is 1. The Morgan fingerprint density at radius 1 is 1.07 bits per heavy atom. The van der Waals surface area contributed by atoms with Gasteiger partial charge in [-0.15, -0.1) is 0 Å². The number of hydrogen-bond acceptors (Lipinski definition) is 4. The fourth-order valence-electron chi connectivity index (χ4n) is 2.02. The van der Waals surface area contributed by atoms with Crippen molar-refractivity contribution < 1.29 is 35.8 Å². The van der Waals surface area contributed by atoms with E-state index >= 15 is 0 Å². The minimum Gasteiger partial charge on any atom is -0.741 e. The molecule has 144 valence electrons. The molecule has 27 heavy (non-hydrogen) atoms. The summed E-state index contributed by atoms with van der Waals surface area (Å²) in [4.78, 5) is 0. The van der Waals surface area contributed by atoms with Crippen LogP contribution in [0.4, 0.5) is 13.2 Å². The fraction of sp³-hybridized carbons (Fsp3) is 0.118. The number of nitrogens with zero attached hydrogens (tertiary/aromatic N) is 1. The molecule has 1 aromatic heterocycles. The van der Waals surface area contributed by atoms with Gasteiger partial charge in [0.15, 0.2) is 10.1 Å². The minimum absolute atomic E-state index is 0.274. The molecule has 0 aliphatic carbocycles. The number of fused-ring (bicyclic) bond motifs is 1. The molecule has 2 aromatic carbocycles. The number of aromatic nitrogens is 1. The van der Waals surface area contributed by atoms with E-state index in [1.54, 1.807) is 12.1 Å². The molecule has 0 unspecified atom stereocenters. The maximum absolute atomic E-state index is 10.7. The van der Waals surface area contributed by atoms with Gasteiger partial charge in [0.1, 0.15) is 0 Å². The number of benzene rings is 2. The summed E-state index contributed by atoms with van der Waals surface area (Å²) in [7, 11) is -3.96. The van der Waals surface area contributed by atoms with Gasteiger partial charge in [-0.2, -0.15) is 13.2 Å². The average Bonchev–Trinajstić information content (AvgIpc) is 2.90. The molecule has 0 amide bonds. The first kappa shape index (κ1) is 21.4. The Hall–Kier alpha value is -1.86. The summed E-state index contributed by atoms with van der Waals surface area (Å²) >= 11 is -0.274. The monoisotopic (exact) mass is 515 g/mol. The summed E-state index contributed by atoms with van der Waals surface area (Å²) in [6, 6.07) is 15.9. The third kappa shape index (κ3) is 5.81. The zero-order chi connectivity index (χ0) is 20.2. The van der Waals surface area contributed by atoms with E-state index in [0.717, 1.165) is 5.56 Å². The predicted molar refractivity (Wildman–Crippen MR) is 94.9 cm³/mol. The van der Waals surface area contributed by atoms with Crippen LogP contribution in [0.25, 0.3) is 21.1 Å². The van der Waals surface area contributed by atoms with E-state index in [2.05, 4.69) is 48.0 Å². The summed E-state index contributed by atoms with van der Waals surface area (Å²) in [5, 5.41) is 9.27. The van der Waals surface area contributed by atoms with Crippen LogP contribution < -0.4 is 4.57 Å². The first-order chi connectivity index (χ1) is 12.5. The van der Waals surface area contributed by atoms with Gasteiger partial charge in [-0.05, 0) is 0 Å². The smallest absolute Gasteiger partial charge is 0.485 e. The zero-order valence-electron chi connectivity index (χ0n) is 13.8. The third-order valence-corrected chi connectivity index (χ3v) is 7.31. The maximum atomic E-state index is 10.7. The SMILES string of the molecule is C[n+]1c(/C=C/c2ccc(O)cc2)[te]c2ccccc21.O=S(=O)([O-])C(F)(F)F. The van der Waals surface area contributed by atoms with Crippen molar-refractivity contribution in [1.29, 1.82) is 0 Å². The van der Waals surface area contributed by atoms with E-state index in [-0.39, 0.29) is 20.4 Å². The molecule has 3 aromatic rings. The maximum Gasteiger partial charge on any atom is 0.485 e. The van der Waals surface area contributed by atoms with Crippen LogP contribution in [0.15, 0.2) is 48.5 Å². The van der Waals surface area contributed by atoms with Crippen molar-refractivity contribution in [3.05, 3.63) is 57.8 Å². The van der Waals surface area contributed by atoms with Crippen LogP contribution in [-0.2, 0) is 17.2 Å². The second-order valence-corrected chi connectivity index (χ2v) is 9.69. The van der Waals surface area contributed by atoms with Crippen molar-refractivity contribution in [3.63, 3.8) is 0 Å². The number of rotatable bonds is 2. The third-order valence-electron chi connectivity index (χ3n) is 3.37. The van der Waals surface area contributed by atoms with E-state index in [1.807, 2.05) is 12.1 Å². The van der Waals surface area contributed by atoms with Crippen molar-refractivity contribution in [2.45, 2.75) is 5.51 Å². The Labute approximate surface area is 163 Å². The molecule has 1 heterocycles. The second kappa shape index (κ2) is 8.44. The number of alkyl halides is 3. The predicted octanol–water partition coefficient (Wildman–Crippen LogP) is 2.65. The van der Waals surface area contributed by atoms with Gasteiger partial charge in [0.25, 0.3) is 0 Å². The van der Waals surface area contributed by atoms with Gasteiger partial charge in [-0.25, -0.2) is 8.42 Å². The van der Waals surface area contributed by atoms with Crippen molar-refractivity contribution in [3.8, 4) is 5.75 Å². The molecule has 5 nitrogen and oxygen atoms in total. The normalized spacial score (nSPS) is 12.2. The molecule has 0 saturated heterocycles. The number of aryl methyl sites for hydroxylation is 1. The molecule has 0 radical (unpaired) electrons. The van der Waals surface area contributed by atoms with Crippen molar-refractivity contribution in [2.75, 3.05) is 0 Å². The quantitative estimate of drug-likeness (QED) is 0.248. The van der Waals surface area contributed by atoms with Gasteiger partial charge in [-0.1, -0.05) is 0 Å². The topological polar surface area (TPSA) is 81.3 Å². The Morgan fingerprint density at radius 2 is 1.63 bits per heavy atom. The fourth-order valence-corrected chi connectivity index (χ4v) is 5.02. The zero-order valence-corrected chi connectivity index (χ0v) is 17.0. The van der Waals surface area contributed by atoms with E-state index < -0.39 is 15.6 Å². The Kier molecular flexibility index (Phi) is 6.70. The van der Waals surface area contributed by atoms with Crippen LogP contribution in [0.2, 0.25) is 0 Å². The van der Waals surface area contributed by atoms with Crippen LogP contribution >= 0.6 is 0 Å². The van der Waals surface area contributed by atoms with Crippen molar-refractivity contribution >= 4 is 51.6 Å². The van der Waals surface area contributed by atoms with Gasteiger partial charge in [-0.3, -0.25) is 0 Å². The van der Waals surface area contributed by atoms with Crippen LogP contribution in [-0.4, -0.2) is 44.0 Å². The molecule has 3 rings (SSSR count). The summed E-state index contributed by atoms with van der Waals surface area (Å²) in [5.74, 6) is 0.309. The van der Waals surface area contributed by atoms with Gasteiger partial charge in [0.2, 0.25) is 0 Å². The summed E-state index contributed by atoms with van der Waals surface area (Å²) < 4.78 is 64.1. The number of halogens is 3. The molecule has 0 fully saturated rings. The Bertz CT molecular complexity index is 1060. The number of phenols is 1. The van der Waals surface area contributed by atoms with Crippen LogP contribution in [0.5, 0.6) is 5.75 Å². The van der Waals surface area contributed by atoms with Gasteiger partial charge >= 0.3 is 127 Å². The summed E-state index contributed by atoms with van der Waals surface area (Å²) in [6.07, 6.45) is 4.32. The molecule has 0 spiro atoms. The number of phenolic OH excluding ortho intramolecular Hbond substituents is 1. The minimum atomic E-state index is -6.09. The van der Waals surface area contributed by atoms with Crippen LogP contribution in [0, 0.1) is 0 Å².